The van der Waals surface area contributed by atoms with E-state index in [1.54, 1.807) is 37.3 Å². The van der Waals surface area contributed by atoms with Gasteiger partial charge in [0.25, 0.3) is 17.3 Å². The first kappa shape index (κ1) is 25.9. The molecule has 2 aliphatic rings. The molecule has 2 aromatic rings. The van der Waals surface area contributed by atoms with Crippen LogP contribution >= 0.6 is 0 Å². The lowest BCUT2D eigenvalue weighted by atomic mass is 9.91. The van der Waals surface area contributed by atoms with Gasteiger partial charge in [-0.25, -0.2) is 0 Å². The third-order valence-electron chi connectivity index (χ3n) is 6.18. The van der Waals surface area contributed by atoms with E-state index in [-0.39, 0.29) is 30.9 Å². The molecule has 4 rings (SSSR count). The maximum absolute atomic E-state index is 13.3. The SMILES string of the molecule is C/C=C/C(=O)Nc1cccc(C2=NOC3(C2)C[C@@H](C(N)=O)N(C(=O)c2cc([N+](=O)[O-])cc([N+](=O)[O-])c2)C3)c1. The number of rotatable bonds is 7. The van der Waals surface area contributed by atoms with Crippen LogP contribution in [0, 0.1) is 20.2 Å². The van der Waals surface area contributed by atoms with Crippen LogP contribution in [0.25, 0.3) is 0 Å². The molecule has 2 aromatic carbocycles. The Hall–Kier alpha value is -5.14. The van der Waals surface area contributed by atoms with E-state index in [2.05, 4.69) is 10.5 Å². The molecule has 3 N–H and O–H groups in total. The molecule has 14 heteroatoms. The van der Waals surface area contributed by atoms with Crippen LogP contribution in [-0.2, 0) is 14.4 Å². The average Bonchev–Trinajstić information content (AvgIpc) is 3.47. The van der Waals surface area contributed by atoms with Crippen molar-refractivity contribution in [3.8, 4) is 0 Å². The number of carbonyl (C=O) groups is 3. The minimum atomic E-state index is -1.14. The largest absolute Gasteiger partial charge is 0.387 e. The van der Waals surface area contributed by atoms with E-state index in [0.29, 0.717) is 17.0 Å². The highest BCUT2D eigenvalue weighted by molar-refractivity contribution is 6.05. The van der Waals surface area contributed by atoms with Crippen LogP contribution in [0.1, 0.15) is 35.7 Å². The number of nitrogens with two attached hydrogens (primary N) is 1. The summed E-state index contributed by atoms with van der Waals surface area (Å²) in [7, 11) is 0. The first-order chi connectivity index (χ1) is 18.0. The van der Waals surface area contributed by atoms with Gasteiger partial charge in [0.1, 0.15) is 6.04 Å². The Morgan fingerprint density at radius 1 is 1.16 bits per heavy atom. The standard InChI is InChI=1S/C24H22N6O8/c1-2-4-21(31)26-16-6-3-5-14(7-16)19-11-24(38-27-19)12-20(22(25)32)28(13-24)23(33)15-8-17(29(34)35)10-18(9-15)30(36)37/h2-10,20H,11-13H2,1H3,(H2,25,32)(H,26,31)/b4-2+/t20-,24?/m0/s1. The molecule has 2 heterocycles. The Morgan fingerprint density at radius 2 is 1.84 bits per heavy atom. The molecule has 1 fully saturated rings. The fraction of sp³-hybridized carbons (Fsp3) is 0.250. The van der Waals surface area contributed by atoms with Crippen molar-refractivity contribution in [3.05, 3.63) is 86.0 Å². The first-order valence-corrected chi connectivity index (χ1v) is 11.4. The number of carbonyl (C=O) groups excluding carboxylic acids is 3. The number of allylic oxidation sites excluding steroid dienone is 1. The molecule has 0 bridgehead atoms. The molecule has 0 aromatic heterocycles. The second-order valence-electron chi connectivity index (χ2n) is 8.87. The number of nitrogens with one attached hydrogen (secondary N) is 1. The number of nitro benzene ring substituents is 2. The number of hydrogen-bond donors (Lipinski definition) is 2. The number of nitro groups is 2. The lowest BCUT2D eigenvalue weighted by Gasteiger charge is -2.23. The fourth-order valence-corrected chi connectivity index (χ4v) is 4.49. The lowest BCUT2D eigenvalue weighted by molar-refractivity contribution is -0.394. The van der Waals surface area contributed by atoms with Gasteiger partial charge in [-0.1, -0.05) is 23.4 Å². The monoisotopic (exact) mass is 522 g/mol. The third kappa shape index (κ3) is 5.18. The molecular weight excluding hydrogens is 500 g/mol. The normalized spacial score (nSPS) is 20.3. The van der Waals surface area contributed by atoms with Crippen molar-refractivity contribution in [2.24, 2.45) is 10.9 Å². The summed E-state index contributed by atoms with van der Waals surface area (Å²) in [5.74, 6) is -1.98. The van der Waals surface area contributed by atoms with Gasteiger partial charge in [0, 0.05) is 36.2 Å². The lowest BCUT2D eigenvalue weighted by Crippen LogP contribution is -2.44. The second kappa shape index (κ2) is 10.1. The van der Waals surface area contributed by atoms with E-state index in [1.165, 1.54) is 6.08 Å². The maximum Gasteiger partial charge on any atom is 0.277 e. The van der Waals surface area contributed by atoms with E-state index >= 15 is 0 Å². The Morgan fingerprint density at radius 3 is 2.45 bits per heavy atom. The Balaban J connectivity index is 1.58. The summed E-state index contributed by atoms with van der Waals surface area (Å²) in [6, 6.07) is 8.30. The summed E-state index contributed by atoms with van der Waals surface area (Å²) >= 11 is 0. The first-order valence-electron chi connectivity index (χ1n) is 11.4. The number of primary amides is 1. The van der Waals surface area contributed by atoms with E-state index in [0.717, 1.165) is 23.1 Å². The zero-order valence-corrected chi connectivity index (χ0v) is 20.0. The molecule has 0 radical (unpaired) electrons. The highest BCUT2D eigenvalue weighted by Crippen LogP contribution is 2.40. The van der Waals surface area contributed by atoms with Crippen molar-refractivity contribution in [1.82, 2.24) is 4.90 Å². The molecule has 38 heavy (non-hydrogen) atoms. The predicted molar refractivity (Wildman–Crippen MR) is 133 cm³/mol. The van der Waals surface area contributed by atoms with Crippen molar-refractivity contribution in [2.45, 2.75) is 31.4 Å². The topological polar surface area (TPSA) is 200 Å². The summed E-state index contributed by atoms with van der Waals surface area (Å²) in [6.07, 6.45) is 3.17. The van der Waals surface area contributed by atoms with E-state index < -0.39 is 44.7 Å². The van der Waals surface area contributed by atoms with Crippen LogP contribution in [-0.4, -0.2) is 56.4 Å². The number of benzene rings is 2. The van der Waals surface area contributed by atoms with Crippen LogP contribution in [0.5, 0.6) is 0 Å². The molecule has 2 atom stereocenters. The van der Waals surface area contributed by atoms with Crippen LogP contribution in [0.4, 0.5) is 17.1 Å². The van der Waals surface area contributed by atoms with Gasteiger partial charge < -0.3 is 20.8 Å². The Bertz CT molecular complexity index is 1390. The summed E-state index contributed by atoms with van der Waals surface area (Å²) < 4.78 is 0. The van der Waals surface area contributed by atoms with Crippen LogP contribution in [0.2, 0.25) is 0 Å². The molecule has 1 saturated heterocycles. The van der Waals surface area contributed by atoms with Crippen molar-refractivity contribution < 1.29 is 29.1 Å². The van der Waals surface area contributed by atoms with E-state index in [4.69, 9.17) is 10.6 Å². The predicted octanol–water partition coefficient (Wildman–Crippen LogP) is 2.28. The molecule has 0 aliphatic carbocycles. The number of amides is 3. The van der Waals surface area contributed by atoms with Crippen molar-refractivity contribution in [3.63, 3.8) is 0 Å². The highest BCUT2D eigenvalue weighted by atomic mass is 16.7. The van der Waals surface area contributed by atoms with Gasteiger partial charge in [0.05, 0.1) is 33.7 Å². The van der Waals surface area contributed by atoms with E-state index in [1.807, 2.05) is 0 Å². The van der Waals surface area contributed by atoms with E-state index in [9.17, 15) is 34.6 Å². The summed E-state index contributed by atoms with van der Waals surface area (Å²) in [6.45, 7) is 1.58. The number of hydrogen-bond acceptors (Lipinski definition) is 9. The fourth-order valence-electron chi connectivity index (χ4n) is 4.49. The molecule has 3 amide bonds. The van der Waals surface area contributed by atoms with Crippen molar-refractivity contribution >= 4 is 40.5 Å². The molecule has 2 aliphatic heterocycles. The zero-order chi connectivity index (χ0) is 27.6. The molecule has 196 valence electrons. The molecule has 1 spiro atoms. The van der Waals surface area contributed by atoms with Crippen LogP contribution in [0.3, 0.4) is 0 Å². The average molecular weight is 522 g/mol. The van der Waals surface area contributed by atoms with Gasteiger partial charge in [0.2, 0.25) is 11.8 Å². The summed E-state index contributed by atoms with van der Waals surface area (Å²) in [5.41, 5.74) is 4.52. The van der Waals surface area contributed by atoms with Gasteiger partial charge in [-0.3, -0.25) is 34.6 Å². The molecular formula is C24H22N6O8. The highest BCUT2D eigenvalue weighted by Gasteiger charge is 2.53. The van der Waals surface area contributed by atoms with Gasteiger partial charge in [-0.05, 0) is 25.1 Å². The van der Waals surface area contributed by atoms with Gasteiger partial charge >= 0.3 is 0 Å². The second-order valence-corrected chi connectivity index (χ2v) is 8.87. The van der Waals surface area contributed by atoms with Crippen LogP contribution < -0.4 is 11.1 Å². The number of likely N-dealkylation sites (tertiary alicyclic amines) is 1. The summed E-state index contributed by atoms with van der Waals surface area (Å²) in [4.78, 5) is 65.1. The Kier molecular flexibility index (Phi) is 6.88. The number of nitrogens with zero attached hydrogens (tertiary/aromatic N) is 4. The third-order valence-corrected chi connectivity index (χ3v) is 6.18. The molecule has 14 nitrogen and oxygen atoms in total. The number of non-ortho nitro benzene ring substituents is 2. The number of oxime groups is 1. The number of anilines is 1. The smallest absolute Gasteiger partial charge is 0.277 e. The van der Waals surface area contributed by atoms with Crippen LogP contribution in [0.15, 0.2) is 59.8 Å². The Labute approximate surface area is 215 Å². The van der Waals surface area contributed by atoms with Crippen molar-refractivity contribution in [1.29, 1.82) is 0 Å². The van der Waals surface area contributed by atoms with Gasteiger partial charge in [-0.15, -0.1) is 0 Å². The molecule has 1 unspecified atom stereocenters. The minimum absolute atomic E-state index is 0.00415. The minimum Gasteiger partial charge on any atom is -0.387 e. The molecule has 0 saturated carbocycles. The van der Waals surface area contributed by atoms with Gasteiger partial charge in [-0.2, -0.15) is 0 Å². The quantitative estimate of drug-likeness (QED) is 0.313. The summed E-state index contributed by atoms with van der Waals surface area (Å²) in [5, 5.41) is 29.4. The van der Waals surface area contributed by atoms with Gasteiger partial charge in [0.15, 0.2) is 5.60 Å². The van der Waals surface area contributed by atoms with Crippen molar-refractivity contribution in [2.75, 3.05) is 11.9 Å². The zero-order valence-electron chi connectivity index (χ0n) is 20.0. The maximum atomic E-state index is 13.3.